The van der Waals surface area contributed by atoms with Crippen molar-refractivity contribution in [1.29, 1.82) is 0 Å². The molecule has 1 aromatic rings. The first kappa shape index (κ1) is 18.8. The van der Waals surface area contributed by atoms with Gasteiger partial charge in [0, 0.05) is 51.2 Å². The molecule has 26 heavy (non-hydrogen) atoms. The van der Waals surface area contributed by atoms with Gasteiger partial charge in [0.15, 0.2) is 0 Å². The van der Waals surface area contributed by atoms with Crippen molar-refractivity contribution in [1.82, 2.24) is 9.80 Å². The fraction of sp³-hybridized carbons (Fsp3) is 0.579. The van der Waals surface area contributed by atoms with E-state index in [1.807, 2.05) is 0 Å². The van der Waals surface area contributed by atoms with E-state index in [0.29, 0.717) is 31.6 Å². The quantitative estimate of drug-likeness (QED) is 0.822. The summed E-state index contributed by atoms with van der Waals surface area (Å²) in [5, 5.41) is 0. The van der Waals surface area contributed by atoms with Crippen LogP contribution in [0.3, 0.4) is 0 Å². The lowest BCUT2D eigenvalue weighted by atomic mass is 9.77. The number of hydrogen-bond donors (Lipinski definition) is 0. The SMILES string of the molecule is CO[C@@H](C)C(=O)N1CCC2(CC1)CC(=O)N(Cc1cc(F)cc(F)c1)C2. The number of halogens is 2. The van der Waals surface area contributed by atoms with E-state index >= 15 is 0 Å². The van der Waals surface area contributed by atoms with Crippen molar-refractivity contribution in [3.05, 3.63) is 35.4 Å². The van der Waals surface area contributed by atoms with Crippen LogP contribution in [0.25, 0.3) is 0 Å². The van der Waals surface area contributed by atoms with Gasteiger partial charge in [-0.2, -0.15) is 0 Å². The Balaban J connectivity index is 1.62. The largest absolute Gasteiger partial charge is 0.372 e. The van der Waals surface area contributed by atoms with Crippen LogP contribution in [0.4, 0.5) is 8.78 Å². The first-order chi connectivity index (χ1) is 12.3. The number of benzene rings is 1. The number of likely N-dealkylation sites (tertiary alicyclic amines) is 2. The van der Waals surface area contributed by atoms with Gasteiger partial charge in [-0.25, -0.2) is 8.78 Å². The van der Waals surface area contributed by atoms with Crippen LogP contribution in [-0.4, -0.2) is 54.5 Å². The Morgan fingerprint density at radius 3 is 2.42 bits per heavy atom. The third-order valence-electron chi connectivity index (χ3n) is 5.54. The second-order valence-corrected chi connectivity index (χ2v) is 7.41. The maximum Gasteiger partial charge on any atom is 0.251 e. The molecular weight excluding hydrogens is 342 g/mol. The summed E-state index contributed by atoms with van der Waals surface area (Å²) in [5.74, 6) is -1.31. The molecule has 0 radical (unpaired) electrons. The lowest BCUT2D eigenvalue weighted by Crippen LogP contribution is -2.47. The van der Waals surface area contributed by atoms with Gasteiger partial charge >= 0.3 is 0 Å². The maximum atomic E-state index is 13.4. The van der Waals surface area contributed by atoms with Crippen molar-refractivity contribution in [3.63, 3.8) is 0 Å². The number of hydrogen-bond acceptors (Lipinski definition) is 3. The summed E-state index contributed by atoms with van der Waals surface area (Å²) in [6.45, 7) is 3.70. The van der Waals surface area contributed by atoms with E-state index in [4.69, 9.17) is 4.74 Å². The monoisotopic (exact) mass is 366 g/mol. The molecule has 2 heterocycles. The van der Waals surface area contributed by atoms with E-state index in [9.17, 15) is 18.4 Å². The number of carbonyl (C=O) groups excluding carboxylic acids is 2. The molecule has 0 aromatic heterocycles. The fourth-order valence-electron chi connectivity index (χ4n) is 3.94. The zero-order valence-electron chi connectivity index (χ0n) is 15.1. The molecule has 2 fully saturated rings. The normalized spacial score (nSPS) is 20.7. The van der Waals surface area contributed by atoms with Gasteiger partial charge in [0.2, 0.25) is 5.91 Å². The molecule has 1 aromatic carbocycles. The lowest BCUT2D eigenvalue weighted by molar-refractivity contribution is -0.143. The Labute approximate surface area is 151 Å². The van der Waals surface area contributed by atoms with Crippen LogP contribution in [0.15, 0.2) is 18.2 Å². The number of piperidine rings is 1. The van der Waals surface area contributed by atoms with Crippen LogP contribution in [0, 0.1) is 17.0 Å². The highest BCUT2D eigenvalue weighted by Crippen LogP contribution is 2.41. The zero-order chi connectivity index (χ0) is 18.9. The van der Waals surface area contributed by atoms with Gasteiger partial charge in [-0.1, -0.05) is 0 Å². The Morgan fingerprint density at radius 2 is 1.85 bits per heavy atom. The van der Waals surface area contributed by atoms with E-state index < -0.39 is 17.7 Å². The molecule has 1 atom stereocenters. The minimum absolute atomic E-state index is 0.000273. The van der Waals surface area contributed by atoms with Gasteiger partial charge in [0.25, 0.3) is 5.91 Å². The summed E-state index contributed by atoms with van der Waals surface area (Å²) in [6.07, 6.45) is 1.45. The smallest absolute Gasteiger partial charge is 0.251 e. The molecule has 7 heteroatoms. The van der Waals surface area contributed by atoms with Crippen molar-refractivity contribution in [2.45, 2.75) is 38.8 Å². The number of nitrogens with zero attached hydrogens (tertiary/aromatic N) is 2. The van der Waals surface area contributed by atoms with Crippen LogP contribution in [0.2, 0.25) is 0 Å². The van der Waals surface area contributed by atoms with Crippen LogP contribution in [-0.2, 0) is 20.9 Å². The molecule has 5 nitrogen and oxygen atoms in total. The van der Waals surface area contributed by atoms with Crippen molar-refractivity contribution in [3.8, 4) is 0 Å². The first-order valence-electron chi connectivity index (χ1n) is 8.86. The molecule has 0 unspecified atom stereocenters. The highest BCUT2D eigenvalue weighted by Gasteiger charge is 2.45. The number of amides is 2. The molecule has 142 valence electrons. The van der Waals surface area contributed by atoms with E-state index in [1.165, 1.54) is 19.2 Å². The van der Waals surface area contributed by atoms with Crippen molar-refractivity contribution >= 4 is 11.8 Å². The van der Waals surface area contributed by atoms with Gasteiger partial charge in [0.1, 0.15) is 17.7 Å². The van der Waals surface area contributed by atoms with Crippen LogP contribution >= 0.6 is 0 Å². The molecule has 2 aliphatic rings. The molecule has 1 spiro atoms. The molecule has 0 bridgehead atoms. The second kappa shape index (κ2) is 7.31. The van der Waals surface area contributed by atoms with Crippen molar-refractivity contribution in [2.75, 3.05) is 26.7 Å². The maximum absolute atomic E-state index is 13.4. The Kier molecular flexibility index (Phi) is 5.27. The third-order valence-corrected chi connectivity index (χ3v) is 5.54. The minimum Gasteiger partial charge on any atom is -0.372 e. The van der Waals surface area contributed by atoms with Crippen molar-refractivity contribution in [2.24, 2.45) is 5.41 Å². The topological polar surface area (TPSA) is 49.9 Å². The average Bonchev–Trinajstić information content (AvgIpc) is 2.88. The summed E-state index contributed by atoms with van der Waals surface area (Å²) < 4.78 is 31.8. The number of rotatable bonds is 4. The number of ether oxygens (including phenoxy) is 1. The van der Waals surface area contributed by atoms with Gasteiger partial charge in [-0.15, -0.1) is 0 Å². The Bertz CT molecular complexity index is 682. The Morgan fingerprint density at radius 1 is 1.23 bits per heavy atom. The molecule has 2 aliphatic heterocycles. The van der Waals surface area contributed by atoms with Crippen LogP contribution in [0.5, 0.6) is 0 Å². The molecule has 2 saturated heterocycles. The summed E-state index contributed by atoms with van der Waals surface area (Å²) in [7, 11) is 1.51. The van der Waals surface area contributed by atoms with Gasteiger partial charge in [-0.3, -0.25) is 9.59 Å². The molecule has 0 N–H and O–H groups in total. The minimum atomic E-state index is -0.638. The highest BCUT2D eigenvalue weighted by molar-refractivity contribution is 5.81. The third kappa shape index (κ3) is 3.87. The first-order valence-corrected chi connectivity index (χ1v) is 8.86. The Hall–Kier alpha value is -2.02. The summed E-state index contributed by atoms with van der Waals surface area (Å²) in [4.78, 5) is 28.1. The molecule has 2 amide bonds. The van der Waals surface area contributed by atoms with E-state index in [0.717, 1.165) is 18.9 Å². The fourth-order valence-corrected chi connectivity index (χ4v) is 3.94. The standard InChI is InChI=1S/C19H24F2N2O3/c1-13(26-2)18(25)22-5-3-19(4-6-22)10-17(24)23(12-19)11-14-7-15(20)9-16(21)8-14/h7-9,13H,3-6,10-12H2,1-2H3/t13-/m0/s1. The van der Waals surface area contributed by atoms with Gasteiger partial charge in [-0.05, 0) is 37.5 Å². The zero-order valence-corrected chi connectivity index (χ0v) is 15.1. The van der Waals surface area contributed by atoms with E-state index in [-0.39, 0.29) is 23.8 Å². The van der Waals surface area contributed by atoms with Crippen LogP contribution < -0.4 is 0 Å². The predicted octanol–water partition coefficient (Wildman–Crippen LogP) is 2.34. The average molecular weight is 366 g/mol. The summed E-state index contributed by atoms with van der Waals surface area (Å²) in [6, 6.07) is 3.34. The molecular formula is C19H24F2N2O3. The highest BCUT2D eigenvalue weighted by atomic mass is 19.1. The predicted molar refractivity (Wildman–Crippen MR) is 91.1 cm³/mol. The summed E-state index contributed by atoms with van der Waals surface area (Å²) >= 11 is 0. The number of carbonyl (C=O) groups is 2. The second-order valence-electron chi connectivity index (χ2n) is 7.41. The van der Waals surface area contributed by atoms with Crippen molar-refractivity contribution < 1.29 is 23.1 Å². The number of methoxy groups -OCH3 is 1. The van der Waals surface area contributed by atoms with E-state index in [1.54, 1.807) is 16.7 Å². The lowest BCUT2D eigenvalue weighted by Gasteiger charge is -2.39. The molecule has 3 rings (SSSR count). The van der Waals surface area contributed by atoms with Gasteiger partial charge in [0.05, 0.1) is 0 Å². The van der Waals surface area contributed by atoms with Crippen LogP contribution in [0.1, 0.15) is 31.7 Å². The summed E-state index contributed by atoms with van der Waals surface area (Å²) in [5.41, 5.74) is 0.296. The molecule has 0 saturated carbocycles. The molecule has 0 aliphatic carbocycles. The van der Waals surface area contributed by atoms with Gasteiger partial charge < -0.3 is 14.5 Å². The van der Waals surface area contributed by atoms with E-state index in [2.05, 4.69) is 0 Å².